The zero-order chi connectivity index (χ0) is 18.7. The maximum absolute atomic E-state index is 12.1. The van der Waals surface area contributed by atoms with Crippen LogP contribution in [0.25, 0.3) is 0 Å². The number of carbonyl (C=O) groups excluding carboxylic acids is 1. The molecule has 24 heavy (non-hydrogen) atoms. The number of ether oxygens (including phenoxy) is 1. The first-order valence-electron chi connectivity index (χ1n) is 7.40. The number of carbonyl (C=O) groups is 1. The SMILES string of the molecule is CN(C(=O)OC(C)(C)C)c1ccc(Cl)c(C=NS(=O)C(C)(C)C)n1. The minimum atomic E-state index is -1.42. The summed E-state index contributed by atoms with van der Waals surface area (Å²) < 4.78 is 20.8. The summed E-state index contributed by atoms with van der Waals surface area (Å²) in [4.78, 5) is 17.7. The van der Waals surface area contributed by atoms with Crippen molar-refractivity contribution in [3.8, 4) is 0 Å². The zero-order valence-corrected chi connectivity index (χ0v) is 16.7. The Morgan fingerprint density at radius 2 is 1.88 bits per heavy atom. The standard InChI is InChI=1S/C16H24ClN3O3S/c1-15(2,3)23-14(21)20(7)13-9-8-11(17)12(19-13)10-18-24(22)16(4,5)6/h8-10H,1-7H3. The molecule has 0 spiro atoms. The van der Waals surface area contributed by atoms with Crippen LogP contribution in [0.1, 0.15) is 47.2 Å². The van der Waals surface area contributed by atoms with Gasteiger partial charge in [0, 0.05) is 7.05 Å². The van der Waals surface area contributed by atoms with E-state index in [9.17, 15) is 9.00 Å². The highest BCUT2D eigenvalue weighted by Gasteiger charge is 2.22. The smallest absolute Gasteiger partial charge is 0.415 e. The van der Waals surface area contributed by atoms with Crippen molar-refractivity contribution in [2.45, 2.75) is 51.9 Å². The molecule has 134 valence electrons. The van der Waals surface area contributed by atoms with Gasteiger partial charge >= 0.3 is 6.09 Å². The zero-order valence-electron chi connectivity index (χ0n) is 15.1. The van der Waals surface area contributed by atoms with Gasteiger partial charge in [-0.3, -0.25) is 4.90 Å². The number of pyridine rings is 1. The molecule has 0 N–H and O–H groups in total. The Hall–Kier alpha value is -1.47. The van der Waals surface area contributed by atoms with Crippen molar-refractivity contribution in [2.24, 2.45) is 4.40 Å². The molecule has 1 atom stereocenters. The lowest BCUT2D eigenvalue weighted by molar-refractivity contribution is 0.0588. The van der Waals surface area contributed by atoms with Crippen molar-refractivity contribution in [1.82, 2.24) is 4.98 Å². The van der Waals surface area contributed by atoms with Crippen LogP contribution in [0.4, 0.5) is 10.6 Å². The van der Waals surface area contributed by atoms with Crippen molar-refractivity contribution in [3.05, 3.63) is 22.8 Å². The van der Waals surface area contributed by atoms with E-state index in [1.54, 1.807) is 40.0 Å². The number of anilines is 1. The van der Waals surface area contributed by atoms with Crippen LogP contribution in [0.5, 0.6) is 0 Å². The highest BCUT2D eigenvalue weighted by atomic mass is 35.5. The number of hydrogen-bond donors (Lipinski definition) is 0. The summed E-state index contributed by atoms with van der Waals surface area (Å²) >= 11 is 6.10. The third-order valence-corrected chi connectivity index (χ3v) is 4.33. The minimum Gasteiger partial charge on any atom is -0.443 e. The Bertz CT molecular complexity index is 664. The van der Waals surface area contributed by atoms with E-state index in [1.165, 1.54) is 11.1 Å². The number of halogens is 1. The number of aromatic nitrogens is 1. The van der Waals surface area contributed by atoms with E-state index in [4.69, 9.17) is 16.3 Å². The molecule has 0 bridgehead atoms. The number of nitrogens with zero attached hydrogens (tertiary/aromatic N) is 3. The van der Waals surface area contributed by atoms with E-state index in [2.05, 4.69) is 9.38 Å². The molecule has 1 heterocycles. The van der Waals surface area contributed by atoms with Crippen LogP contribution in [0.2, 0.25) is 5.02 Å². The molecular formula is C16H24ClN3O3S. The quantitative estimate of drug-likeness (QED) is 0.751. The molecule has 0 radical (unpaired) electrons. The summed E-state index contributed by atoms with van der Waals surface area (Å²) in [7, 11) is 0.134. The molecule has 0 aliphatic heterocycles. The van der Waals surface area contributed by atoms with Gasteiger partial charge in [-0.1, -0.05) is 11.6 Å². The molecule has 1 aromatic rings. The second-order valence-electron chi connectivity index (χ2n) is 7.17. The topological polar surface area (TPSA) is 71.9 Å². The van der Waals surface area contributed by atoms with Crippen molar-refractivity contribution < 1.29 is 13.7 Å². The van der Waals surface area contributed by atoms with Gasteiger partial charge in [0.2, 0.25) is 0 Å². The van der Waals surface area contributed by atoms with Crippen LogP contribution in [0, 0.1) is 0 Å². The van der Waals surface area contributed by atoms with E-state index in [-0.39, 0.29) is 0 Å². The van der Waals surface area contributed by atoms with Crippen molar-refractivity contribution in [1.29, 1.82) is 0 Å². The molecule has 0 fully saturated rings. The molecule has 1 rings (SSSR count). The predicted molar refractivity (Wildman–Crippen MR) is 99.4 cm³/mol. The normalized spacial score (nSPS) is 13.8. The van der Waals surface area contributed by atoms with E-state index < -0.39 is 27.4 Å². The fourth-order valence-corrected chi connectivity index (χ4v) is 2.07. The summed E-state index contributed by atoms with van der Waals surface area (Å²) in [5.41, 5.74) is -0.270. The van der Waals surface area contributed by atoms with Crippen LogP contribution in [0.3, 0.4) is 0 Å². The average Bonchev–Trinajstić information content (AvgIpc) is 2.42. The highest BCUT2D eigenvalue weighted by Crippen LogP contribution is 2.20. The summed E-state index contributed by atoms with van der Waals surface area (Å²) in [5, 5.41) is 0.353. The third kappa shape index (κ3) is 6.20. The summed E-state index contributed by atoms with van der Waals surface area (Å²) in [6.07, 6.45) is 0.828. The molecule has 1 aromatic heterocycles. The predicted octanol–water partition coefficient (Wildman–Crippen LogP) is 3.99. The van der Waals surface area contributed by atoms with E-state index in [0.29, 0.717) is 16.5 Å². The van der Waals surface area contributed by atoms with Crippen LogP contribution in [-0.4, -0.2) is 38.9 Å². The molecule has 1 unspecified atom stereocenters. The number of amides is 1. The van der Waals surface area contributed by atoms with Crippen LogP contribution in [0.15, 0.2) is 16.5 Å². The fraction of sp³-hybridized carbons (Fsp3) is 0.562. The van der Waals surface area contributed by atoms with E-state index >= 15 is 0 Å². The van der Waals surface area contributed by atoms with E-state index in [1.807, 2.05) is 20.8 Å². The summed E-state index contributed by atoms with van der Waals surface area (Å²) in [6.45, 7) is 10.8. The molecule has 1 amide bonds. The largest absolute Gasteiger partial charge is 0.443 e. The lowest BCUT2D eigenvalue weighted by atomic mass is 10.2. The second kappa shape index (κ2) is 7.61. The Balaban J connectivity index is 3.03. The number of rotatable bonds is 3. The van der Waals surface area contributed by atoms with Crippen molar-refractivity contribution >= 4 is 40.7 Å². The van der Waals surface area contributed by atoms with Gasteiger partial charge in [-0.2, -0.15) is 4.40 Å². The lowest BCUT2D eigenvalue weighted by Crippen LogP contribution is -2.34. The van der Waals surface area contributed by atoms with Gasteiger partial charge in [0.1, 0.15) is 28.1 Å². The first-order valence-corrected chi connectivity index (χ1v) is 8.89. The Labute approximate surface area is 150 Å². The van der Waals surface area contributed by atoms with Crippen LogP contribution >= 0.6 is 11.6 Å². The van der Waals surface area contributed by atoms with E-state index in [0.717, 1.165) is 0 Å². The van der Waals surface area contributed by atoms with Crippen molar-refractivity contribution in [3.63, 3.8) is 0 Å². The maximum atomic E-state index is 12.1. The molecule has 0 saturated carbocycles. The average molecular weight is 374 g/mol. The Morgan fingerprint density at radius 1 is 1.29 bits per heavy atom. The molecule has 8 heteroatoms. The minimum absolute atomic E-state index is 0.335. The lowest BCUT2D eigenvalue weighted by Gasteiger charge is -2.24. The van der Waals surface area contributed by atoms with Gasteiger partial charge in [-0.25, -0.2) is 14.0 Å². The van der Waals surface area contributed by atoms with Gasteiger partial charge < -0.3 is 4.74 Å². The second-order valence-corrected chi connectivity index (χ2v) is 9.51. The van der Waals surface area contributed by atoms with Crippen LogP contribution < -0.4 is 4.90 Å². The molecular weight excluding hydrogens is 350 g/mol. The Kier molecular flexibility index (Phi) is 6.52. The van der Waals surface area contributed by atoms with Crippen molar-refractivity contribution in [2.75, 3.05) is 11.9 Å². The van der Waals surface area contributed by atoms with Gasteiger partial charge in [0.15, 0.2) is 0 Å². The van der Waals surface area contributed by atoms with Gasteiger partial charge in [0.25, 0.3) is 0 Å². The monoisotopic (exact) mass is 373 g/mol. The summed E-state index contributed by atoms with van der Waals surface area (Å²) in [5.74, 6) is 0.358. The third-order valence-electron chi connectivity index (χ3n) is 2.66. The first kappa shape index (κ1) is 20.6. The highest BCUT2D eigenvalue weighted by molar-refractivity contribution is 7.85. The molecule has 0 aliphatic rings. The summed E-state index contributed by atoms with van der Waals surface area (Å²) in [6, 6.07) is 3.20. The van der Waals surface area contributed by atoms with Gasteiger partial charge in [-0.15, -0.1) is 0 Å². The van der Waals surface area contributed by atoms with Crippen LogP contribution in [-0.2, 0) is 15.7 Å². The fourth-order valence-electron chi connectivity index (χ4n) is 1.40. The van der Waals surface area contributed by atoms with Gasteiger partial charge in [-0.05, 0) is 53.7 Å². The maximum Gasteiger partial charge on any atom is 0.415 e. The number of hydrogen-bond acceptors (Lipinski definition) is 4. The molecule has 6 nitrogen and oxygen atoms in total. The van der Waals surface area contributed by atoms with Gasteiger partial charge in [0.05, 0.1) is 16.0 Å². The first-order chi connectivity index (χ1) is 10.8. The molecule has 0 saturated heterocycles. The Morgan fingerprint density at radius 3 is 2.38 bits per heavy atom. The molecule has 0 aromatic carbocycles. The molecule has 0 aliphatic carbocycles.